The third kappa shape index (κ3) is 8.93. The molecule has 1 unspecified atom stereocenters. The molecule has 0 aromatic heterocycles. The van der Waals surface area contributed by atoms with Gasteiger partial charge in [0.25, 0.3) is 5.91 Å². The molecule has 0 aliphatic carbocycles. The third-order valence-corrected chi connectivity index (χ3v) is 5.60. The minimum absolute atomic E-state index is 0.108. The van der Waals surface area contributed by atoms with Gasteiger partial charge in [0.15, 0.2) is 0 Å². The van der Waals surface area contributed by atoms with Crippen LogP contribution in [0.2, 0.25) is 0 Å². The van der Waals surface area contributed by atoms with Crippen molar-refractivity contribution in [1.82, 2.24) is 20.4 Å². The Morgan fingerprint density at radius 2 is 1.54 bits per heavy atom. The van der Waals surface area contributed by atoms with Gasteiger partial charge in [0, 0.05) is 50.9 Å². The number of piperazine rings is 1. The van der Waals surface area contributed by atoms with Crippen LogP contribution in [0.4, 0.5) is 4.79 Å². The Hall–Kier alpha value is -3.01. The van der Waals surface area contributed by atoms with E-state index in [0.717, 1.165) is 0 Å². The summed E-state index contributed by atoms with van der Waals surface area (Å²) in [6.07, 6.45) is -0.297. The lowest BCUT2D eigenvalue weighted by atomic mass is 10.0. The number of amides is 3. The van der Waals surface area contributed by atoms with Crippen molar-refractivity contribution in [2.75, 3.05) is 53.5 Å². The van der Waals surface area contributed by atoms with Gasteiger partial charge >= 0.3 is 6.09 Å². The van der Waals surface area contributed by atoms with Crippen molar-refractivity contribution in [3.05, 3.63) is 23.8 Å². The second-order valence-electron chi connectivity index (χ2n) is 9.90. The molecule has 2 N–H and O–H groups in total. The zero-order valence-corrected chi connectivity index (χ0v) is 22.0. The number of benzene rings is 1. The van der Waals surface area contributed by atoms with E-state index in [1.165, 1.54) is 14.2 Å². The largest absolute Gasteiger partial charge is 0.497 e. The second kappa shape index (κ2) is 12.6. The molecule has 0 radical (unpaired) electrons. The molecule has 1 atom stereocenters. The summed E-state index contributed by atoms with van der Waals surface area (Å²) in [7, 11) is 3.02. The van der Waals surface area contributed by atoms with Crippen LogP contribution in [0.15, 0.2) is 18.2 Å². The van der Waals surface area contributed by atoms with E-state index in [2.05, 4.69) is 15.5 Å². The van der Waals surface area contributed by atoms with Crippen LogP contribution in [0.1, 0.15) is 45.0 Å². The van der Waals surface area contributed by atoms with E-state index in [1.807, 2.05) is 34.6 Å². The van der Waals surface area contributed by atoms with E-state index in [-0.39, 0.29) is 23.8 Å². The Labute approximate surface area is 208 Å². The summed E-state index contributed by atoms with van der Waals surface area (Å²) in [5.41, 5.74) is -0.165. The number of hydrogen-bond acceptors (Lipinski definition) is 7. The fourth-order valence-electron chi connectivity index (χ4n) is 3.63. The number of nitrogens with zero attached hydrogens (tertiary/aromatic N) is 2. The van der Waals surface area contributed by atoms with E-state index < -0.39 is 11.6 Å². The van der Waals surface area contributed by atoms with Crippen LogP contribution in [0.25, 0.3) is 0 Å². The average Bonchev–Trinajstić information content (AvgIpc) is 2.80. The third-order valence-electron chi connectivity index (χ3n) is 5.60. The standard InChI is InChI=1S/C25H40N4O6/c1-17(2)21(27-22(30)18-14-19(33-6)16-20(15-18)34-7)23(31)26-8-9-28-10-12-29(13-11-28)24(32)35-25(3,4)5/h14-17,21H,8-13H2,1-7H3,(H,26,31)(H,27,30). The van der Waals surface area contributed by atoms with Gasteiger partial charge in [0.2, 0.25) is 5.91 Å². The lowest BCUT2D eigenvalue weighted by Gasteiger charge is -2.35. The van der Waals surface area contributed by atoms with E-state index in [9.17, 15) is 14.4 Å². The highest BCUT2D eigenvalue weighted by Gasteiger charge is 2.27. The van der Waals surface area contributed by atoms with Crippen molar-refractivity contribution in [1.29, 1.82) is 0 Å². The highest BCUT2D eigenvalue weighted by molar-refractivity contribution is 5.98. The predicted octanol–water partition coefficient (Wildman–Crippen LogP) is 2.13. The molecule has 3 amide bonds. The fraction of sp³-hybridized carbons (Fsp3) is 0.640. The van der Waals surface area contributed by atoms with Crippen LogP contribution < -0.4 is 20.1 Å². The van der Waals surface area contributed by atoms with E-state index >= 15 is 0 Å². The van der Waals surface area contributed by atoms with E-state index in [0.29, 0.717) is 56.3 Å². The number of carbonyl (C=O) groups is 3. The van der Waals surface area contributed by atoms with Crippen LogP contribution in [0, 0.1) is 5.92 Å². The molecule has 0 spiro atoms. The Bertz CT molecular complexity index is 853. The lowest BCUT2D eigenvalue weighted by Crippen LogP contribution is -2.53. The molecule has 0 saturated carbocycles. The molecule has 35 heavy (non-hydrogen) atoms. The summed E-state index contributed by atoms with van der Waals surface area (Å²) < 4.78 is 15.9. The molecule has 1 aromatic rings. The Morgan fingerprint density at radius 1 is 0.971 bits per heavy atom. The summed E-state index contributed by atoms with van der Waals surface area (Å²) in [6.45, 7) is 13.0. The molecule has 1 saturated heterocycles. The zero-order chi connectivity index (χ0) is 26.2. The summed E-state index contributed by atoms with van der Waals surface area (Å²) in [5.74, 6) is 0.257. The molecular formula is C25H40N4O6. The summed E-state index contributed by atoms with van der Waals surface area (Å²) >= 11 is 0. The van der Waals surface area contributed by atoms with Crippen molar-refractivity contribution in [3.8, 4) is 11.5 Å². The Kier molecular flexibility index (Phi) is 10.2. The smallest absolute Gasteiger partial charge is 0.410 e. The van der Waals surface area contributed by atoms with Gasteiger partial charge in [0.1, 0.15) is 23.1 Å². The maximum Gasteiger partial charge on any atom is 0.410 e. The molecule has 0 bridgehead atoms. The number of methoxy groups -OCH3 is 2. The predicted molar refractivity (Wildman–Crippen MR) is 133 cm³/mol. The Balaban J connectivity index is 1.84. The first-order valence-corrected chi connectivity index (χ1v) is 12.0. The van der Waals surface area contributed by atoms with Crippen molar-refractivity contribution in [2.45, 2.75) is 46.3 Å². The van der Waals surface area contributed by atoms with Crippen LogP contribution in [0.3, 0.4) is 0 Å². The van der Waals surface area contributed by atoms with Gasteiger partial charge in [-0.05, 0) is 38.8 Å². The highest BCUT2D eigenvalue weighted by atomic mass is 16.6. The number of carbonyl (C=O) groups excluding carboxylic acids is 3. The molecule has 1 heterocycles. The maximum absolute atomic E-state index is 12.9. The van der Waals surface area contributed by atoms with Crippen LogP contribution in [-0.2, 0) is 9.53 Å². The van der Waals surface area contributed by atoms with Gasteiger partial charge in [-0.2, -0.15) is 0 Å². The normalized spacial score (nSPS) is 15.4. The maximum atomic E-state index is 12.9. The summed E-state index contributed by atoms with van der Waals surface area (Å²) in [6, 6.07) is 4.19. The number of ether oxygens (including phenoxy) is 3. The van der Waals surface area contributed by atoms with Crippen molar-refractivity contribution >= 4 is 17.9 Å². The first-order chi connectivity index (χ1) is 16.4. The number of hydrogen-bond donors (Lipinski definition) is 2. The van der Waals surface area contributed by atoms with Gasteiger partial charge in [0.05, 0.1) is 14.2 Å². The van der Waals surface area contributed by atoms with Gasteiger partial charge in [-0.25, -0.2) is 4.79 Å². The van der Waals surface area contributed by atoms with E-state index in [4.69, 9.17) is 14.2 Å². The van der Waals surface area contributed by atoms with Crippen LogP contribution in [-0.4, -0.2) is 92.8 Å². The fourth-order valence-corrected chi connectivity index (χ4v) is 3.63. The van der Waals surface area contributed by atoms with E-state index in [1.54, 1.807) is 23.1 Å². The first kappa shape index (κ1) is 28.2. The topological polar surface area (TPSA) is 109 Å². The minimum atomic E-state index is -0.691. The molecule has 10 heteroatoms. The van der Waals surface area contributed by atoms with Gasteiger partial charge in [-0.15, -0.1) is 0 Å². The molecular weight excluding hydrogens is 452 g/mol. The summed E-state index contributed by atoms with van der Waals surface area (Å²) in [4.78, 5) is 41.8. The molecule has 1 aliphatic heterocycles. The van der Waals surface area contributed by atoms with Crippen molar-refractivity contribution in [2.24, 2.45) is 5.92 Å². The monoisotopic (exact) mass is 492 g/mol. The summed E-state index contributed by atoms with van der Waals surface area (Å²) in [5, 5.41) is 5.76. The molecule has 2 rings (SSSR count). The molecule has 1 aromatic carbocycles. The molecule has 1 aliphatic rings. The SMILES string of the molecule is COc1cc(OC)cc(C(=O)NC(C(=O)NCCN2CCN(C(=O)OC(C)(C)C)CC2)C(C)C)c1. The highest BCUT2D eigenvalue weighted by Crippen LogP contribution is 2.22. The Morgan fingerprint density at radius 3 is 2.03 bits per heavy atom. The second-order valence-corrected chi connectivity index (χ2v) is 9.90. The van der Waals surface area contributed by atoms with Gasteiger partial charge in [-0.1, -0.05) is 13.8 Å². The number of nitrogens with one attached hydrogen (secondary N) is 2. The first-order valence-electron chi connectivity index (χ1n) is 12.0. The van der Waals surface area contributed by atoms with Crippen molar-refractivity contribution in [3.63, 3.8) is 0 Å². The minimum Gasteiger partial charge on any atom is -0.497 e. The van der Waals surface area contributed by atoms with Gasteiger partial charge in [-0.3, -0.25) is 14.5 Å². The van der Waals surface area contributed by atoms with Gasteiger partial charge < -0.3 is 29.7 Å². The quantitative estimate of drug-likeness (QED) is 0.543. The van der Waals surface area contributed by atoms with Crippen LogP contribution in [0.5, 0.6) is 11.5 Å². The number of rotatable bonds is 9. The van der Waals surface area contributed by atoms with Crippen LogP contribution >= 0.6 is 0 Å². The average molecular weight is 493 g/mol. The molecule has 196 valence electrons. The molecule has 1 fully saturated rings. The van der Waals surface area contributed by atoms with Crippen molar-refractivity contribution < 1.29 is 28.6 Å². The lowest BCUT2D eigenvalue weighted by molar-refractivity contribution is -0.124. The molecule has 10 nitrogen and oxygen atoms in total. The zero-order valence-electron chi connectivity index (χ0n) is 22.0.